The van der Waals surface area contributed by atoms with Crippen molar-refractivity contribution in [1.82, 2.24) is 0 Å². The molecular formula is C32H33NO5. The molecule has 7 rings (SSSR count). The first-order chi connectivity index (χ1) is 18.5. The second kappa shape index (κ2) is 9.05. The predicted molar refractivity (Wildman–Crippen MR) is 145 cm³/mol. The van der Waals surface area contributed by atoms with Crippen molar-refractivity contribution in [3.63, 3.8) is 0 Å². The van der Waals surface area contributed by atoms with Gasteiger partial charge in [-0.25, -0.2) is 0 Å². The van der Waals surface area contributed by atoms with Crippen LogP contribution in [0.4, 0.5) is 5.69 Å². The summed E-state index contributed by atoms with van der Waals surface area (Å²) in [6.45, 7) is 7.23. The minimum atomic E-state index is -0.899. The molecule has 4 heterocycles. The molecule has 0 bridgehead atoms. The van der Waals surface area contributed by atoms with E-state index < -0.39 is 5.41 Å². The van der Waals surface area contributed by atoms with Gasteiger partial charge in [-0.2, -0.15) is 0 Å². The van der Waals surface area contributed by atoms with Crippen LogP contribution < -0.4 is 19.1 Å². The molecule has 1 amide bonds. The lowest BCUT2D eigenvalue weighted by Gasteiger charge is -2.25. The topological polar surface area (TPSA) is 57.2 Å². The van der Waals surface area contributed by atoms with Crippen molar-refractivity contribution in [2.24, 2.45) is 5.92 Å². The summed E-state index contributed by atoms with van der Waals surface area (Å²) in [7, 11) is 0. The second-order valence-corrected chi connectivity index (χ2v) is 11.2. The number of hydrogen-bond donors (Lipinski definition) is 0. The zero-order valence-corrected chi connectivity index (χ0v) is 22.0. The van der Waals surface area contributed by atoms with Gasteiger partial charge in [-0.05, 0) is 59.7 Å². The van der Waals surface area contributed by atoms with Gasteiger partial charge >= 0.3 is 0 Å². The van der Waals surface area contributed by atoms with Crippen molar-refractivity contribution in [3.05, 3.63) is 71.3 Å². The number of carbonyl (C=O) groups excluding carboxylic acids is 1. The highest BCUT2D eigenvalue weighted by molar-refractivity contribution is 6.13. The van der Waals surface area contributed by atoms with Crippen LogP contribution in [0.2, 0.25) is 0 Å². The molecule has 0 N–H and O–H groups in total. The first kappa shape index (κ1) is 23.6. The van der Waals surface area contributed by atoms with E-state index in [1.54, 1.807) is 0 Å². The third kappa shape index (κ3) is 3.61. The SMILES string of the molecule is CC(C)COc1ccc(-c2cccc3c2C2(COc4cc5c(cc42)CCO5)C(=O)N3C[C@H]2CCCO2)cc1. The summed E-state index contributed by atoms with van der Waals surface area (Å²) < 4.78 is 24.0. The summed E-state index contributed by atoms with van der Waals surface area (Å²) in [5, 5.41) is 0. The van der Waals surface area contributed by atoms with Gasteiger partial charge in [-0.1, -0.05) is 38.1 Å². The quantitative estimate of drug-likeness (QED) is 0.436. The zero-order valence-electron chi connectivity index (χ0n) is 22.0. The molecule has 3 aromatic carbocycles. The van der Waals surface area contributed by atoms with Crippen LogP contribution in [0.25, 0.3) is 11.1 Å². The van der Waals surface area contributed by atoms with E-state index >= 15 is 0 Å². The molecule has 1 unspecified atom stereocenters. The van der Waals surface area contributed by atoms with E-state index in [0.29, 0.717) is 25.7 Å². The van der Waals surface area contributed by atoms with E-state index in [0.717, 1.165) is 76.6 Å². The Kier molecular flexibility index (Phi) is 5.62. The predicted octanol–water partition coefficient (Wildman–Crippen LogP) is 5.53. The van der Waals surface area contributed by atoms with E-state index in [1.807, 2.05) is 23.1 Å². The lowest BCUT2D eigenvalue weighted by atomic mass is 9.73. The monoisotopic (exact) mass is 511 g/mol. The lowest BCUT2D eigenvalue weighted by Crippen LogP contribution is -2.45. The Labute approximate surface area is 223 Å². The molecule has 0 aromatic heterocycles. The van der Waals surface area contributed by atoms with Crippen LogP contribution in [0.3, 0.4) is 0 Å². The van der Waals surface area contributed by atoms with Gasteiger partial charge in [0.1, 0.15) is 29.3 Å². The standard InChI is InChI=1S/C32H33NO5/c1-20(2)18-37-23-10-8-21(9-11-23)25-6-3-7-27-30(25)32(31(34)33(27)17-24-5-4-13-35-24)19-38-29-16-28-22(12-14-36-28)15-26(29)32/h3,6-11,15-16,20,24H,4-5,12-14,17-19H2,1-2H3/t24-,32?/m1/s1. The normalized spacial score (nSPS) is 23.0. The Hall–Kier alpha value is -3.51. The summed E-state index contributed by atoms with van der Waals surface area (Å²) in [6.07, 6.45) is 2.91. The highest BCUT2D eigenvalue weighted by Gasteiger charge is 2.58. The maximum absolute atomic E-state index is 14.6. The lowest BCUT2D eigenvalue weighted by molar-refractivity contribution is -0.122. The molecule has 38 heavy (non-hydrogen) atoms. The van der Waals surface area contributed by atoms with Crippen molar-refractivity contribution in [2.45, 2.75) is 44.6 Å². The van der Waals surface area contributed by atoms with Crippen LogP contribution in [0, 0.1) is 5.92 Å². The van der Waals surface area contributed by atoms with E-state index in [1.165, 1.54) is 0 Å². The Morgan fingerprint density at radius 3 is 2.71 bits per heavy atom. The Morgan fingerprint density at radius 1 is 1.05 bits per heavy atom. The fraction of sp³-hybridized carbons (Fsp3) is 0.406. The second-order valence-electron chi connectivity index (χ2n) is 11.2. The molecule has 0 aliphatic carbocycles. The summed E-state index contributed by atoms with van der Waals surface area (Å²) in [4.78, 5) is 16.5. The Morgan fingerprint density at radius 2 is 1.92 bits per heavy atom. The zero-order chi connectivity index (χ0) is 25.9. The minimum Gasteiger partial charge on any atom is -0.493 e. The van der Waals surface area contributed by atoms with Gasteiger partial charge in [0.05, 0.1) is 25.9 Å². The van der Waals surface area contributed by atoms with E-state index in [9.17, 15) is 4.79 Å². The number of ether oxygens (including phenoxy) is 4. The Bertz CT molecular complexity index is 1390. The molecule has 196 valence electrons. The van der Waals surface area contributed by atoms with E-state index in [2.05, 4.69) is 50.2 Å². The largest absolute Gasteiger partial charge is 0.493 e. The van der Waals surface area contributed by atoms with E-state index in [-0.39, 0.29) is 18.6 Å². The van der Waals surface area contributed by atoms with Crippen molar-refractivity contribution in [1.29, 1.82) is 0 Å². The van der Waals surface area contributed by atoms with Crippen LogP contribution >= 0.6 is 0 Å². The first-order valence-corrected chi connectivity index (χ1v) is 13.8. The fourth-order valence-electron chi connectivity index (χ4n) is 6.37. The molecule has 4 aliphatic heterocycles. The number of anilines is 1. The number of hydrogen-bond acceptors (Lipinski definition) is 5. The average molecular weight is 512 g/mol. The van der Waals surface area contributed by atoms with Crippen LogP contribution in [-0.2, 0) is 21.4 Å². The van der Waals surface area contributed by atoms with Gasteiger partial charge in [0, 0.05) is 35.9 Å². The van der Waals surface area contributed by atoms with Crippen molar-refractivity contribution < 1.29 is 23.7 Å². The molecule has 1 spiro atoms. The highest BCUT2D eigenvalue weighted by Crippen LogP contribution is 2.56. The van der Waals surface area contributed by atoms with E-state index in [4.69, 9.17) is 18.9 Å². The van der Waals surface area contributed by atoms with Crippen LogP contribution in [0.15, 0.2) is 54.6 Å². The summed E-state index contributed by atoms with van der Waals surface area (Å²) in [5.41, 5.74) is 5.28. The molecule has 1 fully saturated rings. The first-order valence-electron chi connectivity index (χ1n) is 13.8. The molecule has 6 heteroatoms. The molecule has 0 saturated carbocycles. The number of fused-ring (bicyclic) bond motifs is 5. The Balaban J connectivity index is 1.37. The van der Waals surface area contributed by atoms with Gasteiger partial charge in [0.25, 0.3) is 0 Å². The number of carbonyl (C=O) groups is 1. The van der Waals surface area contributed by atoms with Crippen molar-refractivity contribution in [3.8, 4) is 28.4 Å². The summed E-state index contributed by atoms with van der Waals surface area (Å²) >= 11 is 0. The summed E-state index contributed by atoms with van der Waals surface area (Å²) in [5.74, 6) is 3.00. The average Bonchev–Trinajstić information content (AvgIpc) is 3.72. The molecule has 3 aromatic rings. The maximum atomic E-state index is 14.6. The molecular weight excluding hydrogens is 478 g/mol. The van der Waals surface area contributed by atoms with Gasteiger partial charge in [-0.3, -0.25) is 4.79 Å². The van der Waals surface area contributed by atoms with Gasteiger partial charge < -0.3 is 23.8 Å². The number of amides is 1. The van der Waals surface area contributed by atoms with Gasteiger partial charge in [0.2, 0.25) is 5.91 Å². The number of nitrogens with zero attached hydrogens (tertiary/aromatic N) is 1. The molecule has 6 nitrogen and oxygen atoms in total. The van der Waals surface area contributed by atoms with Gasteiger partial charge in [0.15, 0.2) is 0 Å². The third-order valence-electron chi connectivity index (χ3n) is 8.22. The molecule has 0 radical (unpaired) electrons. The fourth-order valence-corrected chi connectivity index (χ4v) is 6.37. The number of benzene rings is 3. The van der Waals surface area contributed by atoms with Gasteiger partial charge in [-0.15, -0.1) is 0 Å². The summed E-state index contributed by atoms with van der Waals surface area (Å²) in [6, 6.07) is 18.6. The minimum absolute atomic E-state index is 0.0539. The molecule has 2 atom stereocenters. The van der Waals surface area contributed by atoms with Crippen LogP contribution in [0.5, 0.6) is 17.2 Å². The van der Waals surface area contributed by atoms with Crippen molar-refractivity contribution >= 4 is 11.6 Å². The highest BCUT2D eigenvalue weighted by atomic mass is 16.5. The molecule has 1 saturated heterocycles. The van der Waals surface area contributed by atoms with Crippen LogP contribution in [0.1, 0.15) is 43.4 Å². The van der Waals surface area contributed by atoms with Crippen LogP contribution in [-0.4, -0.2) is 45.0 Å². The smallest absolute Gasteiger partial charge is 0.245 e. The maximum Gasteiger partial charge on any atom is 0.245 e. The molecule has 4 aliphatic rings. The number of rotatable bonds is 6. The third-order valence-corrected chi connectivity index (χ3v) is 8.22. The van der Waals surface area contributed by atoms with Crippen molar-refractivity contribution in [2.75, 3.05) is 37.9 Å².